The first-order valence-corrected chi connectivity index (χ1v) is 8.11. The van der Waals surface area contributed by atoms with E-state index < -0.39 is 18.2 Å². The number of nitriles is 1. The number of hydrogen-bond acceptors (Lipinski definition) is 5. The normalized spacial score (nSPS) is 25.6. The molecule has 1 unspecified atom stereocenters. The van der Waals surface area contributed by atoms with E-state index in [0.29, 0.717) is 42.2 Å². The Morgan fingerprint density at radius 2 is 2.25 bits per heavy atom. The van der Waals surface area contributed by atoms with E-state index >= 15 is 0 Å². The standard InChI is InChI=1S/C18H20N2O4/c1-3-14-18(22)17(20-10-12(23-4-2)8-16(20)21)13-7-11(9-19)5-6-15(13)24-14/h5-8,14,17-18,22H,3-4,10H2,1-2H3/t14-,17?,18-/m0/s1. The number of ether oxygens (including phenoxy) is 2. The topological polar surface area (TPSA) is 82.8 Å². The minimum Gasteiger partial charge on any atom is -0.496 e. The van der Waals surface area contributed by atoms with Gasteiger partial charge in [0, 0.05) is 11.6 Å². The number of rotatable bonds is 4. The second kappa shape index (κ2) is 6.54. The molecular formula is C18H20N2O4. The Labute approximate surface area is 140 Å². The van der Waals surface area contributed by atoms with Gasteiger partial charge in [0.1, 0.15) is 23.7 Å². The Balaban J connectivity index is 2.00. The molecule has 6 heteroatoms. The minimum atomic E-state index is -0.866. The zero-order valence-electron chi connectivity index (χ0n) is 13.7. The highest BCUT2D eigenvalue weighted by Crippen LogP contribution is 2.41. The maximum Gasteiger partial charge on any atom is 0.251 e. The molecule has 0 fully saturated rings. The number of amides is 1. The van der Waals surface area contributed by atoms with Gasteiger partial charge in [0.2, 0.25) is 0 Å². The molecule has 0 radical (unpaired) electrons. The van der Waals surface area contributed by atoms with Crippen LogP contribution in [0.25, 0.3) is 0 Å². The molecule has 0 aromatic heterocycles. The second-order valence-corrected chi connectivity index (χ2v) is 5.87. The minimum absolute atomic E-state index is 0.201. The molecule has 0 aliphatic carbocycles. The molecule has 0 bridgehead atoms. The van der Waals surface area contributed by atoms with Crippen molar-refractivity contribution in [3.8, 4) is 11.8 Å². The zero-order valence-corrected chi connectivity index (χ0v) is 13.7. The van der Waals surface area contributed by atoms with E-state index in [2.05, 4.69) is 6.07 Å². The Kier molecular flexibility index (Phi) is 4.45. The smallest absolute Gasteiger partial charge is 0.251 e. The van der Waals surface area contributed by atoms with E-state index in [1.807, 2.05) is 13.8 Å². The molecule has 2 aliphatic rings. The van der Waals surface area contributed by atoms with Crippen molar-refractivity contribution in [3.63, 3.8) is 0 Å². The van der Waals surface area contributed by atoms with Crippen LogP contribution in [0.4, 0.5) is 0 Å². The Hall–Kier alpha value is -2.52. The van der Waals surface area contributed by atoms with Gasteiger partial charge in [0.05, 0.1) is 30.8 Å². The molecule has 2 aliphatic heterocycles. The third-order valence-electron chi connectivity index (χ3n) is 4.40. The van der Waals surface area contributed by atoms with Crippen LogP contribution < -0.4 is 4.74 Å². The summed E-state index contributed by atoms with van der Waals surface area (Å²) in [4.78, 5) is 14.0. The van der Waals surface area contributed by atoms with Crippen molar-refractivity contribution >= 4 is 5.91 Å². The molecule has 3 atom stereocenters. The van der Waals surface area contributed by atoms with Gasteiger partial charge in [-0.25, -0.2) is 0 Å². The van der Waals surface area contributed by atoms with Gasteiger partial charge in [0.25, 0.3) is 5.91 Å². The second-order valence-electron chi connectivity index (χ2n) is 5.87. The van der Waals surface area contributed by atoms with Crippen LogP contribution in [0.15, 0.2) is 30.0 Å². The maximum absolute atomic E-state index is 12.4. The number of carbonyl (C=O) groups is 1. The van der Waals surface area contributed by atoms with Crippen LogP contribution in [-0.2, 0) is 9.53 Å². The largest absolute Gasteiger partial charge is 0.496 e. The average Bonchev–Trinajstić information content (AvgIpc) is 2.94. The summed E-state index contributed by atoms with van der Waals surface area (Å²) in [7, 11) is 0. The van der Waals surface area contributed by atoms with Gasteiger partial charge < -0.3 is 19.5 Å². The molecule has 126 valence electrons. The number of hydrogen-bond donors (Lipinski definition) is 1. The molecule has 1 amide bonds. The molecule has 24 heavy (non-hydrogen) atoms. The molecular weight excluding hydrogens is 308 g/mol. The highest BCUT2D eigenvalue weighted by molar-refractivity contribution is 5.91. The Morgan fingerprint density at radius 3 is 2.92 bits per heavy atom. The summed E-state index contributed by atoms with van der Waals surface area (Å²) in [6, 6.07) is 6.62. The predicted molar refractivity (Wildman–Crippen MR) is 86.0 cm³/mol. The fourth-order valence-electron chi connectivity index (χ4n) is 3.27. The number of aliphatic hydroxyl groups is 1. The summed E-state index contributed by atoms with van der Waals surface area (Å²) in [5.74, 6) is 0.994. The molecule has 6 nitrogen and oxygen atoms in total. The van der Waals surface area contributed by atoms with Crippen molar-refractivity contribution in [2.24, 2.45) is 0 Å². The predicted octanol–water partition coefficient (Wildman–Crippen LogP) is 1.89. The molecule has 1 aromatic carbocycles. The number of nitrogens with zero attached hydrogens (tertiary/aromatic N) is 2. The van der Waals surface area contributed by atoms with E-state index in [0.717, 1.165) is 0 Å². The summed E-state index contributed by atoms with van der Waals surface area (Å²) >= 11 is 0. The lowest BCUT2D eigenvalue weighted by Crippen LogP contribution is -2.48. The van der Waals surface area contributed by atoms with Crippen molar-refractivity contribution < 1.29 is 19.4 Å². The van der Waals surface area contributed by atoms with E-state index in [4.69, 9.17) is 14.7 Å². The van der Waals surface area contributed by atoms with Crippen LogP contribution >= 0.6 is 0 Å². The first-order chi connectivity index (χ1) is 11.6. The van der Waals surface area contributed by atoms with Crippen molar-refractivity contribution in [1.82, 2.24) is 4.90 Å². The summed E-state index contributed by atoms with van der Waals surface area (Å²) in [6.07, 6.45) is 0.805. The molecule has 3 rings (SSSR count). The van der Waals surface area contributed by atoms with Gasteiger partial charge in [-0.15, -0.1) is 0 Å². The summed E-state index contributed by atoms with van der Waals surface area (Å²) < 4.78 is 11.3. The SMILES string of the molecule is CCOC1=CC(=O)N(C2c3cc(C#N)ccc3O[C@@H](CC)[C@@H]2O)C1. The van der Waals surface area contributed by atoms with E-state index in [9.17, 15) is 9.90 Å². The number of benzene rings is 1. The van der Waals surface area contributed by atoms with Crippen LogP contribution in [0.2, 0.25) is 0 Å². The van der Waals surface area contributed by atoms with E-state index in [-0.39, 0.29) is 5.91 Å². The van der Waals surface area contributed by atoms with E-state index in [1.54, 1.807) is 23.1 Å². The Bertz CT molecular complexity index is 722. The zero-order chi connectivity index (χ0) is 17.3. The van der Waals surface area contributed by atoms with Gasteiger partial charge in [0.15, 0.2) is 0 Å². The van der Waals surface area contributed by atoms with Crippen molar-refractivity contribution in [1.29, 1.82) is 5.26 Å². The van der Waals surface area contributed by atoms with Crippen LogP contribution in [0.3, 0.4) is 0 Å². The Morgan fingerprint density at radius 1 is 1.46 bits per heavy atom. The number of aliphatic hydroxyl groups excluding tert-OH is 1. The van der Waals surface area contributed by atoms with Crippen molar-refractivity contribution in [2.45, 2.75) is 38.5 Å². The first-order valence-electron chi connectivity index (χ1n) is 8.11. The summed E-state index contributed by atoms with van der Waals surface area (Å²) in [5.41, 5.74) is 1.12. The van der Waals surface area contributed by atoms with Gasteiger partial charge >= 0.3 is 0 Å². The van der Waals surface area contributed by atoms with E-state index in [1.165, 1.54) is 6.08 Å². The highest BCUT2D eigenvalue weighted by Gasteiger charge is 2.43. The highest BCUT2D eigenvalue weighted by atomic mass is 16.5. The van der Waals surface area contributed by atoms with Crippen LogP contribution in [0.5, 0.6) is 5.75 Å². The molecule has 2 heterocycles. The van der Waals surface area contributed by atoms with Crippen molar-refractivity contribution in [3.05, 3.63) is 41.2 Å². The number of fused-ring (bicyclic) bond motifs is 1. The fraction of sp³-hybridized carbons (Fsp3) is 0.444. The van der Waals surface area contributed by atoms with Gasteiger partial charge in [-0.05, 0) is 31.5 Å². The van der Waals surface area contributed by atoms with Crippen LogP contribution in [-0.4, -0.2) is 41.3 Å². The first kappa shape index (κ1) is 16.3. The van der Waals surface area contributed by atoms with Crippen LogP contribution in [0, 0.1) is 11.3 Å². The molecule has 1 aromatic rings. The average molecular weight is 328 g/mol. The summed E-state index contributed by atoms with van der Waals surface area (Å²) in [6.45, 7) is 4.57. The van der Waals surface area contributed by atoms with Gasteiger partial charge in [-0.3, -0.25) is 4.79 Å². The lowest BCUT2D eigenvalue weighted by molar-refractivity contribution is -0.132. The summed E-state index contributed by atoms with van der Waals surface area (Å²) in [5, 5.41) is 19.9. The lowest BCUT2D eigenvalue weighted by Gasteiger charge is -2.40. The molecule has 1 N–H and O–H groups in total. The van der Waals surface area contributed by atoms with Crippen molar-refractivity contribution in [2.75, 3.05) is 13.2 Å². The molecule has 0 saturated carbocycles. The van der Waals surface area contributed by atoms with Gasteiger partial charge in [-0.2, -0.15) is 5.26 Å². The molecule has 0 saturated heterocycles. The quantitative estimate of drug-likeness (QED) is 0.912. The monoisotopic (exact) mass is 328 g/mol. The lowest BCUT2D eigenvalue weighted by atomic mass is 9.90. The van der Waals surface area contributed by atoms with Crippen LogP contribution in [0.1, 0.15) is 37.4 Å². The number of carbonyl (C=O) groups excluding carboxylic acids is 1. The van der Waals surface area contributed by atoms with Gasteiger partial charge in [-0.1, -0.05) is 6.92 Å². The fourth-order valence-corrected chi connectivity index (χ4v) is 3.27. The molecule has 0 spiro atoms. The third kappa shape index (κ3) is 2.72. The maximum atomic E-state index is 12.4. The third-order valence-corrected chi connectivity index (χ3v) is 4.40.